The molecule has 1 amide bonds. The number of aromatic nitrogens is 1. The molecule has 0 bridgehead atoms. The number of anilines is 1. The largest absolute Gasteiger partial charge is 0.326 e. The van der Waals surface area contributed by atoms with Gasteiger partial charge in [-0.05, 0) is 62.7 Å². The van der Waals surface area contributed by atoms with Crippen molar-refractivity contribution in [1.82, 2.24) is 9.88 Å². The average Bonchev–Trinajstić information content (AvgIpc) is 2.61. The van der Waals surface area contributed by atoms with Crippen molar-refractivity contribution in [3.63, 3.8) is 0 Å². The van der Waals surface area contributed by atoms with Crippen LogP contribution in [0.3, 0.4) is 0 Å². The van der Waals surface area contributed by atoms with Crippen molar-refractivity contribution in [2.24, 2.45) is 0 Å². The molecule has 0 unspecified atom stereocenters. The summed E-state index contributed by atoms with van der Waals surface area (Å²) in [4.78, 5) is 19.0. The Bertz CT molecular complexity index is 664. The van der Waals surface area contributed by atoms with Gasteiger partial charge in [-0.15, -0.1) is 0 Å². The third-order valence-electron chi connectivity index (χ3n) is 4.65. The molecule has 1 aromatic heterocycles. The summed E-state index contributed by atoms with van der Waals surface area (Å²) in [5.41, 5.74) is 3.24. The summed E-state index contributed by atoms with van der Waals surface area (Å²) in [7, 11) is 0. The van der Waals surface area contributed by atoms with E-state index in [1.54, 1.807) is 0 Å². The van der Waals surface area contributed by atoms with Crippen molar-refractivity contribution >= 4 is 11.6 Å². The highest BCUT2D eigenvalue weighted by molar-refractivity contribution is 5.90. The highest BCUT2D eigenvalue weighted by Gasteiger charge is 2.21. The maximum atomic E-state index is 12.1. The van der Waals surface area contributed by atoms with Crippen LogP contribution in [-0.4, -0.2) is 35.4 Å². The minimum atomic E-state index is 0.0902. The molecule has 0 aliphatic carbocycles. The summed E-state index contributed by atoms with van der Waals surface area (Å²) in [6.45, 7) is 4.94. The SMILES string of the molecule is Cc1cccc(NC(=O)CCN2CCC(c3ccccn3)CC2)c1. The number of likely N-dealkylation sites (tertiary alicyclic amines) is 1. The fourth-order valence-electron chi connectivity index (χ4n) is 3.28. The number of pyridine rings is 1. The first-order chi connectivity index (χ1) is 11.7. The van der Waals surface area contributed by atoms with Gasteiger partial charge >= 0.3 is 0 Å². The van der Waals surface area contributed by atoms with E-state index in [2.05, 4.69) is 27.3 Å². The number of nitrogens with zero attached hydrogens (tertiary/aromatic N) is 2. The molecule has 24 heavy (non-hydrogen) atoms. The van der Waals surface area contributed by atoms with E-state index >= 15 is 0 Å². The van der Waals surface area contributed by atoms with Crippen LogP contribution in [0.25, 0.3) is 0 Å². The van der Waals surface area contributed by atoms with Gasteiger partial charge in [0.15, 0.2) is 0 Å². The van der Waals surface area contributed by atoms with Crippen LogP contribution in [0.5, 0.6) is 0 Å². The van der Waals surface area contributed by atoms with Gasteiger partial charge in [0, 0.05) is 36.5 Å². The highest BCUT2D eigenvalue weighted by atomic mass is 16.1. The lowest BCUT2D eigenvalue weighted by Crippen LogP contribution is -2.35. The third kappa shape index (κ3) is 4.65. The molecule has 1 saturated heterocycles. The summed E-state index contributed by atoms with van der Waals surface area (Å²) >= 11 is 0. The third-order valence-corrected chi connectivity index (χ3v) is 4.65. The highest BCUT2D eigenvalue weighted by Crippen LogP contribution is 2.26. The number of piperidine rings is 1. The minimum Gasteiger partial charge on any atom is -0.326 e. The van der Waals surface area contributed by atoms with E-state index in [0.29, 0.717) is 12.3 Å². The standard InChI is InChI=1S/C20H25N3O/c1-16-5-4-6-18(15-16)22-20(24)10-14-23-12-8-17(9-13-23)19-7-2-3-11-21-19/h2-7,11,15,17H,8-10,12-14H2,1H3,(H,22,24). The van der Waals surface area contributed by atoms with E-state index in [-0.39, 0.29) is 5.91 Å². The molecule has 0 spiro atoms. The predicted octanol–water partition coefficient (Wildman–Crippen LogP) is 3.60. The van der Waals surface area contributed by atoms with Crippen molar-refractivity contribution < 1.29 is 4.79 Å². The number of nitrogens with one attached hydrogen (secondary N) is 1. The summed E-state index contributed by atoms with van der Waals surface area (Å²) in [6.07, 6.45) is 4.66. The molecule has 4 heteroatoms. The summed E-state index contributed by atoms with van der Waals surface area (Å²) in [5, 5.41) is 2.98. The summed E-state index contributed by atoms with van der Waals surface area (Å²) < 4.78 is 0. The second kappa shape index (κ2) is 8.06. The van der Waals surface area contributed by atoms with E-state index in [4.69, 9.17) is 0 Å². The Morgan fingerprint density at radius 3 is 2.75 bits per heavy atom. The van der Waals surface area contributed by atoms with Crippen LogP contribution in [0.1, 0.15) is 36.4 Å². The molecule has 1 N–H and O–H groups in total. The number of rotatable bonds is 5. The van der Waals surface area contributed by atoms with E-state index in [1.165, 1.54) is 5.69 Å². The Morgan fingerprint density at radius 2 is 2.04 bits per heavy atom. The Labute approximate surface area is 143 Å². The van der Waals surface area contributed by atoms with Gasteiger partial charge in [0.25, 0.3) is 0 Å². The molecular formula is C20H25N3O. The second-order valence-electron chi connectivity index (χ2n) is 6.54. The molecule has 0 saturated carbocycles. The molecule has 126 valence electrons. The van der Waals surface area contributed by atoms with Crippen molar-refractivity contribution in [1.29, 1.82) is 0 Å². The van der Waals surface area contributed by atoms with Crippen molar-refractivity contribution in [3.8, 4) is 0 Å². The first-order valence-electron chi connectivity index (χ1n) is 8.70. The molecule has 2 heterocycles. The van der Waals surface area contributed by atoms with Gasteiger partial charge in [-0.2, -0.15) is 0 Å². The van der Waals surface area contributed by atoms with E-state index < -0.39 is 0 Å². The molecule has 1 fully saturated rings. The van der Waals surface area contributed by atoms with Crippen LogP contribution in [-0.2, 0) is 4.79 Å². The van der Waals surface area contributed by atoms with Crippen LogP contribution in [0.2, 0.25) is 0 Å². The number of aryl methyl sites for hydroxylation is 1. The average molecular weight is 323 g/mol. The van der Waals surface area contributed by atoms with Gasteiger partial charge in [-0.1, -0.05) is 18.2 Å². The number of amides is 1. The number of hydrogen-bond donors (Lipinski definition) is 1. The molecule has 1 aliphatic heterocycles. The van der Waals surface area contributed by atoms with Crippen molar-refractivity contribution in [2.45, 2.75) is 32.1 Å². The van der Waals surface area contributed by atoms with Gasteiger partial charge in [-0.25, -0.2) is 0 Å². The monoisotopic (exact) mass is 323 g/mol. The zero-order chi connectivity index (χ0) is 16.8. The van der Waals surface area contributed by atoms with Gasteiger partial charge < -0.3 is 10.2 Å². The fourth-order valence-corrected chi connectivity index (χ4v) is 3.28. The Hall–Kier alpha value is -2.20. The van der Waals surface area contributed by atoms with Gasteiger partial charge in [0.05, 0.1) is 0 Å². The first-order valence-corrected chi connectivity index (χ1v) is 8.70. The Morgan fingerprint density at radius 1 is 1.21 bits per heavy atom. The molecule has 1 aliphatic rings. The topological polar surface area (TPSA) is 45.2 Å². The first kappa shape index (κ1) is 16.7. The zero-order valence-corrected chi connectivity index (χ0v) is 14.2. The molecule has 2 aromatic rings. The van der Waals surface area contributed by atoms with Gasteiger partial charge in [0.1, 0.15) is 0 Å². The van der Waals surface area contributed by atoms with Crippen LogP contribution >= 0.6 is 0 Å². The summed E-state index contributed by atoms with van der Waals surface area (Å²) in [6, 6.07) is 14.1. The van der Waals surface area contributed by atoms with E-state index in [0.717, 1.165) is 43.7 Å². The Kier molecular flexibility index (Phi) is 5.59. The minimum absolute atomic E-state index is 0.0902. The van der Waals surface area contributed by atoms with Crippen LogP contribution in [0.4, 0.5) is 5.69 Å². The fraction of sp³-hybridized carbons (Fsp3) is 0.400. The van der Waals surface area contributed by atoms with E-state index in [9.17, 15) is 4.79 Å². The number of benzene rings is 1. The lowest BCUT2D eigenvalue weighted by molar-refractivity contribution is -0.116. The lowest BCUT2D eigenvalue weighted by atomic mass is 9.93. The molecule has 0 atom stereocenters. The Balaban J connectivity index is 1.41. The van der Waals surface area contributed by atoms with Gasteiger partial charge in [-0.3, -0.25) is 9.78 Å². The molecule has 0 radical (unpaired) electrons. The quantitative estimate of drug-likeness (QED) is 0.914. The van der Waals surface area contributed by atoms with Crippen molar-refractivity contribution in [2.75, 3.05) is 25.0 Å². The lowest BCUT2D eigenvalue weighted by Gasteiger charge is -2.31. The number of carbonyl (C=O) groups is 1. The molecule has 4 nitrogen and oxygen atoms in total. The van der Waals surface area contributed by atoms with E-state index in [1.807, 2.05) is 43.5 Å². The van der Waals surface area contributed by atoms with Gasteiger partial charge in [0.2, 0.25) is 5.91 Å². The van der Waals surface area contributed by atoms with Crippen LogP contribution in [0, 0.1) is 6.92 Å². The number of hydrogen-bond acceptors (Lipinski definition) is 3. The summed E-state index contributed by atoms with van der Waals surface area (Å²) in [5.74, 6) is 0.649. The number of carbonyl (C=O) groups excluding carboxylic acids is 1. The predicted molar refractivity (Wildman–Crippen MR) is 97.1 cm³/mol. The maximum Gasteiger partial charge on any atom is 0.225 e. The van der Waals surface area contributed by atoms with Crippen LogP contribution in [0.15, 0.2) is 48.7 Å². The van der Waals surface area contributed by atoms with Crippen molar-refractivity contribution in [3.05, 3.63) is 59.9 Å². The molecule has 3 rings (SSSR count). The normalized spacial score (nSPS) is 16.0. The van der Waals surface area contributed by atoms with Crippen LogP contribution < -0.4 is 5.32 Å². The maximum absolute atomic E-state index is 12.1. The second-order valence-corrected chi connectivity index (χ2v) is 6.54. The molecular weight excluding hydrogens is 298 g/mol. The zero-order valence-electron chi connectivity index (χ0n) is 14.2. The smallest absolute Gasteiger partial charge is 0.225 e. The molecule has 1 aromatic carbocycles.